The average Bonchev–Trinajstić information content (AvgIpc) is 3.16. The minimum absolute atomic E-state index is 0.0168. The maximum atomic E-state index is 12.9. The van der Waals surface area contributed by atoms with Crippen molar-refractivity contribution in [3.05, 3.63) is 23.8 Å². The molecule has 0 spiro atoms. The number of aliphatic hydroxyl groups excluding tert-OH is 1. The molecule has 1 saturated heterocycles. The van der Waals surface area contributed by atoms with Crippen molar-refractivity contribution >= 4 is 11.8 Å². The summed E-state index contributed by atoms with van der Waals surface area (Å²) in [4.78, 5) is 25.0. The van der Waals surface area contributed by atoms with Gasteiger partial charge in [-0.3, -0.25) is 9.59 Å². The quantitative estimate of drug-likeness (QED) is 0.704. The van der Waals surface area contributed by atoms with Crippen LogP contribution < -0.4 is 0 Å². The van der Waals surface area contributed by atoms with Crippen LogP contribution in [0, 0.1) is 17.3 Å². The van der Waals surface area contributed by atoms with Crippen molar-refractivity contribution in [2.75, 3.05) is 19.8 Å². The Kier molecular flexibility index (Phi) is 9.05. The Balaban J connectivity index is 2.11. The van der Waals surface area contributed by atoms with E-state index in [0.717, 1.165) is 18.4 Å². The van der Waals surface area contributed by atoms with Gasteiger partial charge in [-0.05, 0) is 24.3 Å². The molecule has 1 N–H and O–H groups in total. The van der Waals surface area contributed by atoms with Crippen LogP contribution in [-0.2, 0) is 23.8 Å². The van der Waals surface area contributed by atoms with Crippen molar-refractivity contribution in [1.82, 2.24) is 0 Å². The molecule has 0 saturated carbocycles. The Morgan fingerprint density at radius 2 is 1.83 bits per heavy atom. The zero-order chi connectivity index (χ0) is 21.4. The van der Waals surface area contributed by atoms with Gasteiger partial charge in [-0.25, -0.2) is 0 Å². The van der Waals surface area contributed by atoms with E-state index in [-0.39, 0.29) is 31.0 Å². The van der Waals surface area contributed by atoms with Gasteiger partial charge in [0, 0.05) is 18.8 Å². The molecule has 6 heteroatoms. The number of rotatable bonds is 2. The average molecular weight is 409 g/mol. The summed E-state index contributed by atoms with van der Waals surface area (Å²) >= 11 is 0. The van der Waals surface area contributed by atoms with E-state index in [1.807, 2.05) is 13.0 Å². The lowest BCUT2D eigenvalue weighted by molar-refractivity contribution is -0.150. The highest BCUT2D eigenvalue weighted by Crippen LogP contribution is 2.31. The highest BCUT2D eigenvalue weighted by molar-refractivity contribution is 5.87. The summed E-state index contributed by atoms with van der Waals surface area (Å²) < 4.78 is 16.3. The number of hydrogen-bond donors (Lipinski definition) is 1. The number of esters is 1. The molecule has 2 aliphatic heterocycles. The van der Waals surface area contributed by atoms with Crippen LogP contribution in [0.3, 0.4) is 0 Å². The molecule has 0 aromatic heterocycles. The van der Waals surface area contributed by atoms with E-state index in [2.05, 4.69) is 19.1 Å². The van der Waals surface area contributed by atoms with E-state index in [4.69, 9.17) is 14.2 Å². The summed E-state index contributed by atoms with van der Waals surface area (Å²) in [6.07, 6.45) is 7.60. The molecule has 0 aliphatic carbocycles. The summed E-state index contributed by atoms with van der Waals surface area (Å²) in [7, 11) is 0. The normalized spacial score (nSPS) is 33.7. The predicted molar refractivity (Wildman–Crippen MR) is 110 cm³/mol. The lowest BCUT2D eigenvalue weighted by Crippen LogP contribution is -2.42. The number of carbonyl (C=O) groups is 2. The van der Waals surface area contributed by atoms with Crippen molar-refractivity contribution in [1.29, 1.82) is 0 Å². The van der Waals surface area contributed by atoms with Crippen molar-refractivity contribution in [2.45, 2.75) is 72.2 Å². The van der Waals surface area contributed by atoms with Crippen LogP contribution in [-0.4, -0.2) is 49.1 Å². The fraction of sp³-hybridized carbons (Fsp3) is 0.739. The lowest BCUT2D eigenvalue weighted by Gasteiger charge is -2.32. The molecule has 2 heterocycles. The van der Waals surface area contributed by atoms with Crippen LogP contribution in [0.1, 0.15) is 59.8 Å². The molecule has 29 heavy (non-hydrogen) atoms. The number of Topliss-reactive ketones (excluding diaryl/α,β-unsaturated/α-hetero) is 1. The zero-order valence-electron chi connectivity index (χ0n) is 18.2. The van der Waals surface area contributed by atoms with Gasteiger partial charge in [-0.1, -0.05) is 45.9 Å². The third-order valence-corrected chi connectivity index (χ3v) is 5.78. The lowest BCUT2D eigenvalue weighted by atomic mass is 9.74. The summed E-state index contributed by atoms with van der Waals surface area (Å²) in [5.74, 6) is -0.366. The first-order valence-corrected chi connectivity index (χ1v) is 10.7. The highest BCUT2D eigenvalue weighted by atomic mass is 16.7. The Bertz CT molecular complexity index is 615. The van der Waals surface area contributed by atoms with E-state index in [1.54, 1.807) is 13.8 Å². The number of aliphatic hydroxyl groups is 1. The third-order valence-electron chi connectivity index (χ3n) is 5.78. The smallest absolute Gasteiger partial charge is 0.308 e. The molecular formula is C23H36O6. The monoisotopic (exact) mass is 408 g/mol. The fourth-order valence-electron chi connectivity index (χ4n) is 3.88. The highest BCUT2D eigenvalue weighted by Gasteiger charge is 2.39. The van der Waals surface area contributed by atoms with Crippen molar-refractivity contribution in [3.8, 4) is 0 Å². The Morgan fingerprint density at radius 3 is 2.52 bits per heavy atom. The van der Waals surface area contributed by atoms with Gasteiger partial charge in [-0.2, -0.15) is 0 Å². The topological polar surface area (TPSA) is 82.1 Å². The molecule has 0 bridgehead atoms. The van der Waals surface area contributed by atoms with Gasteiger partial charge in [0.15, 0.2) is 6.29 Å². The van der Waals surface area contributed by atoms with Gasteiger partial charge in [0.05, 0.1) is 37.8 Å². The van der Waals surface area contributed by atoms with Gasteiger partial charge >= 0.3 is 5.97 Å². The van der Waals surface area contributed by atoms with Crippen LogP contribution >= 0.6 is 0 Å². The first-order valence-electron chi connectivity index (χ1n) is 10.7. The molecule has 2 aliphatic rings. The molecule has 3 atom stereocenters. The number of carbonyl (C=O) groups excluding carboxylic acids is 2. The van der Waals surface area contributed by atoms with Crippen LogP contribution in [0.15, 0.2) is 23.8 Å². The minimum Gasteiger partial charge on any atom is -0.465 e. The molecular weight excluding hydrogens is 372 g/mol. The van der Waals surface area contributed by atoms with Crippen molar-refractivity contribution in [3.63, 3.8) is 0 Å². The summed E-state index contributed by atoms with van der Waals surface area (Å²) in [5, 5.41) is 10.5. The molecule has 0 radical (unpaired) electrons. The van der Waals surface area contributed by atoms with E-state index in [9.17, 15) is 14.7 Å². The van der Waals surface area contributed by atoms with Gasteiger partial charge in [-0.15, -0.1) is 0 Å². The van der Waals surface area contributed by atoms with Crippen LogP contribution in [0.2, 0.25) is 0 Å². The molecule has 1 fully saturated rings. The largest absolute Gasteiger partial charge is 0.465 e. The molecule has 0 aromatic carbocycles. The fourth-order valence-corrected chi connectivity index (χ4v) is 3.88. The molecule has 0 aromatic rings. The van der Waals surface area contributed by atoms with E-state index in [0.29, 0.717) is 32.0 Å². The first-order chi connectivity index (χ1) is 13.7. The van der Waals surface area contributed by atoms with Crippen molar-refractivity contribution in [2.24, 2.45) is 17.3 Å². The molecule has 3 unspecified atom stereocenters. The number of ketones is 1. The summed E-state index contributed by atoms with van der Waals surface area (Å²) in [6, 6.07) is 0. The number of cyclic esters (lactones) is 1. The Hall–Kier alpha value is -1.50. The summed E-state index contributed by atoms with van der Waals surface area (Å²) in [6.45, 7) is 8.90. The maximum absolute atomic E-state index is 12.9. The van der Waals surface area contributed by atoms with Gasteiger partial charge in [0.2, 0.25) is 0 Å². The maximum Gasteiger partial charge on any atom is 0.308 e. The minimum atomic E-state index is -1.06. The second kappa shape index (κ2) is 11.0. The van der Waals surface area contributed by atoms with Crippen LogP contribution in [0.5, 0.6) is 0 Å². The number of hydrogen-bond acceptors (Lipinski definition) is 6. The van der Waals surface area contributed by atoms with E-state index in [1.165, 1.54) is 0 Å². The predicted octanol–water partition coefficient (Wildman–Crippen LogP) is 3.58. The van der Waals surface area contributed by atoms with Gasteiger partial charge in [0.1, 0.15) is 5.78 Å². The molecule has 164 valence electrons. The van der Waals surface area contributed by atoms with E-state index < -0.39 is 17.5 Å². The van der Waals surface area contributed by atoms with Gasteiger partial charge in [0.25, 0.3) is 0 Å². The van der Waals surface area contributed by atoms with Crippen molar-refractivity contribution < 1.29 is 28.9 Å². The Morgan fingerprint density at radius 1 is 1.14 bits per heavy atom. The van der Waals surface area contributed by atoms with Crippen LogP contribution in [0.4, 0.5) is 0 Å². The van der Waals surface area contributed by atoms with E-state index >= 15 is 0 Å². The summed E-state index contributed by atoms with van der Waals surface area (Å²) in [5.41, 5.74) is 0.0944. The standard InChI is InChI=1S/C23H36O6/c1-16-7-5-8-18(14-21-28-11-12-29-21)9-6-10-27-20(25)15-19(24)23(3,4)22(26)17(2)13-16/h5,8-9,16-17,19,21,24H,6-7,10-15H2,1-4H3/b8-5+,18-9+. The number of allylic oxidation sites excluding steroid dienone is 2. The first kappa shape index (κ1) is 23.8. The second-order valence-corrected chi connectivity index (χ2v) is 8.85. The Labute approximate surface area is 174 Å². The number of ether oxygens (including phenoxy) is 3. The zero-order valence-corrected chi connectivity index (χ0v) is 18.2. The SMILES string of the molecule is CC1C/C=C/C(CC2OCCO2)=C\CCOC(=O)CC(O)C(C)(C)C(=O)C(C)C1. The second-order valence-electron chi connectivity index (χ2n) is 8.85. The molecule has 0 amide bonds. The molecule has 6 nitrogen and oxygen atoms in total. The molecule has 2 rings (SSSR count). The third kappa shape index (κ3) is 7.36. The van der Waals surface area contributed by atoms with Crippen LogP contribution in [0.25, 0.3) is 0 Å². The van der Waals surface area contributed by atoms with Gasteiger partial charge < -0.3 is 19.3 Å².